The number of nitrogens with zero attached hydrogens (tertiary/aromatic N) is 2. The van der Waals surface area contributed by atoms with Gasteiger partial charge in [0.15, 0.2) is 5.75 Å². The Morgan fingerprint density at radius 3 is 2.68 bits per heavy atom. The molecule has 10 heteroatoms. The zero-order chi connectivity index (χ0) is 20.6. The van der Waals surface area contributed by atoms with Crippen molar-refractivity contribution >= 4 is 40.7 Å². The molecule has 28 heavy (non-hydrogen) atoms. The lowest BCUT2D eigenvalue weighted by Gasteiger charge is -2.22. The molecule has 0 bridgehead atoms. The van der Waals surface area contributed by atoms with Crippen molar-refractivity contribution in [3.8, 4) is 5.75 Å². The van der Waals surface area contributed by atoms with E-state index in [0.717, 1.165) is 4.90 Å². The van der Waals surface area contributed by atoms with Gasteiger partial charge in [0.2, 0.25) is 17.7 Å². The SMILES string of the molecule is COc1cc(NC(=O)[C@@H](C)N2C(=O)[C@H]3CC=C(Cl)C[C@@H]3C2=O)ccc1[N+](=O)[O-]. The summed E-state index contributed by atoms with van der Waals surface area (Å²) in [5, 5.41) is 14.1. The van der Waals surface area contributed by atoms with Crippen LogP contribution >= 0.6 is 11.6 Å². The number of carbonyl (C=O) groups excluding carboxylic acids is 3. The second-order valence-electron chi connectivity index (χ2n) is 6.66. The molecule has 1 fully saturated rings. The lowest BCUT2D eigenvalue weighted by atomic mass is 9.85. The van der Waals surface area contributed by atoms with Crippen molar-refractivity contribution in [1.82, 2.24) is 4.90 Å². The highest BCUT2D eigenvalue weighted by Gasteiger charge is 2.51. The van der Waals surface area contributed by atoms with Crippen molar-refractivity contribution in [3.05, 3.63) is 39.4 Å². The van der Waals surface area contributed by atoms with Crippen LogP contribution in [0.15, 0.2) is 29.3 Å². The van der Waals surface area contributed by atoms with Crippen LogP contribution < -0.4 is 10.1 Å². The van der Waals surface area contributed by atoms with Crippen molar-refractivity contribution in [2.45, 2.75) is 25.8 Å². The average Bonchev–Trinajstić information content (AvgIpc) is 2.90. The quantitative estimate of drug-likeness (QED) is 0.455. The Balaban J connectivity index is 1.76. The van der Waals surface area contributed by atoms with E-state index in [9.17, 15) is 24.5 Å². The maximum absolute atomic E-state index is 12.7. The molecule has 1 saturated heterocycles. The molecule has 1 aliphatic heterocycles. The molecule has 1 aromatic carbocycles. The van der Waals surface area contributed by atoms with E-state index in [-0.39, 0.29) is 23.0 Å². The summed E-state index contributed by atoms with van der Waals surface area (Å²) >= 11 is 6.00. The molecule has 1 aliphatic carbocycles. The third-order valence-corrected chi connectivity index (χ3v) is 5.32. The van der Waals surface area contributed by atoms with Crippen LogP contribution in [-0.2, 0) is 14.4 Å². The molecule has 3 rings (SSSR count). The largest absolute Gasteiger partial charge is 0.490 e. The van der Waals surface area contributed by atoms with Gasteiger partial charge in [0, 0.05) is 22.9 Å². The minimum atomic E-state index is -1.04. The number of rotatable bonds is 5. The topological polar surface area (TPSA) is 119 Å². The summed E-state index contributed by atoms with van der Waals surface area (Å²) in [6.45, 7) is 1.46. The minimum Gasteiger partial charge on any atom is -0.490 e. The highest BCUT2D eigenvalue weighted by molar-refractivity contribution is 6.30. The zero-order valence-corrected chi connectivity index (χ0v) is 15.9. The van der Waals surface area contributed by atoms with E-state index >= 15 is 0 Å². The van der Waals surface area contributed by atoms with Gasteiger partial charge in [-0.25, -0.2) is 0 Å². The molecule has 2 aliphatic rings. The summed E-state index contributed by atoms with van der Waals surface area (Å²) in [7, 11) is 1.28. The number of fused-ring (bicyclic) bond motifs is 1. The number of nitro benzene ring substituents is 1. The van der Waals surface area contributed by atoms with Crippen LogP contribution in [0.2, 0.25) is 0 Å². The number of allylic oxidation sites excluding steroid dienone is 2. The van der Waals surface area contributed by atoms with Crippen molar-refractivity contribution in [1.29, 1.82) is 0 Å². The molecule has 0 saturated carbocycles. The third kappa shape index (κ3) is 3.45. The highest BCUT2D eigenvalue weighted by atomic mass is 35.5. The third-order valence-electron chi connectivity index (χ3n) is 5.01. The first-order valence-corrected chi connectivity index (χ1v) is 8.97. The van der Waals surface area contributed by atoms with E-state index in [1.807, 2.05) is 0 Å². The van der Waals surface area contributed by atoms with Crippen LogP contribution in [0.25, 0.3) is 0 Å². The van der Waals surface area contributed by atoms with Crippen LogP contribution in [-0.4, -0.2) is 40.7 Å². The number of nitrogens with one attached hydrogen (secondary N) is 1. The van der Waals surface area contributed by atoms with E-state index in [1.165, 1.54) is 32.2 Å². The Morgan fingerprint density at radius 2 is 2.04 bits per heavy atom. The number of benzene rings is 1. The first-order valence-electron chi connectivity index (χ1n) is 8.59. The number of hydrogen-bond acceptors (Lipinski definition) is 6. The maximum atomic E-state index is 12.7. The van der Waals surface area contributed by atoms with Gasteiger partial charge in [-0.2, -0.15) is 0 Å². The first-order chi connectivity index (χ1) is 13.2. The van der Waals surface area contributed by atoms with Crippen molar-refractivity contribution in [2.75, 3.05) is 12.4 Å². The predicted molar refractivity (Wildman–Crippen MR) is 99.7 cm³/mol. The van der Waals surface area contributed by atoms with Gasteiger partial charge in [-0.3, -0.25) is 29.4 Å². The van der Waals surface area contributed by atoms with E-state index in [0.29, 0.717) is 17.9 Å². The molecule has 9 nitrogen and oxygen atoms in total. The summed E-state index contributed by atoms with van der Waals surface area (Å²) in [5.41, 5.74) is 0.00687. The van der Waals surface area contributed by atoms with Gasteiger partial charge in [0.25, 0.3) is 0 Å². The number of imide groups is 1. The number of hydrogen-bond donors (Lipinski definition) is 1. The Morgan fingerprint density at radius 1 is 1.36 bits per heavy atom. The summed E-state index contributed by atoms with van der Waals surface area (Å²) in [4.78, 5) is 49.2. The van der Waals surface area contributed by atoms with Crippen LogP contribution in [0, 0.1) is 22.0 Å². The van der Waals surface area contributed by atoms with Crippen LogP contribution in [0.1, 0.15) is 19.8 Å². The zero-order valence-electron chi connectivity index (χ0n) is 15.2. The number of likely N-dealkylation sites (tertiary alicyclic amines) is 1. The summed E-state index contributed by atoms with van der Waals surface area (Å²) in [6, 6.07) is 2.82. The second-order valence-corrected chi connectivity index (χ2v) is 7.14. The fourth-order valence-corrected chi connectivity index (χ4v) is 3.76. The Hall–Kier alpha value is -2.94. The van der Waals surface area contributed by atoms with Gasteiger partial charge in [-0.15, -0.1) is 0 Å². The van der Waals surface area contributed by atoms with Crippen LogP contribution in [0.3, 0.4) is 0 Å². The lowest BCUT2D eigenvalue weighted by Crippen LogP contribution is -2.46. The molecule has 3 amide bonds. The maximum Gasteiger partial charge on any atom is 0.311 e. The molecular formula is C18H18ClN3O6. The summed E-state index contributed by atoms with van der Waals surface area (Å²) in [6.07, 6.45) is 2.39. The molecule has 1 N–H and O–H groups in total. The first kappa shape index (κ1) is 19.8. The molecule has 0 unspecified atom stereocenters. The Bertz CT molecular complexity index is 899. The normalized spacial score (nSPS) is 22.4. The molecule has 3 atom stereocenters. The summed E-state index contributed by atoms with van der Waals surface area (Å²) < 4.78 is 4.97. The van der Waals surface area contributed by atoms with Crippen molar-refractivity contribution < 1.29 is 24.0 Å². The van der Waals surface area contributed by atoms with Crippen LogP contribution in [0.5, 0.6) is 5.75 Å². The van der Waals surface area contributed by atoms with Gasteiger partial charge >= 0.3 is 5.69 Å². The van der Waals surface area contributed by atoms with E-state index in [1.54, 1.807) is 6.08 Å². The number of halogens is 1. The van der Waals surface area contributed by atoms with E-state index in [2.05, 4.69) is 5.32 Å². The predicted octanol–water partition coefficient (Wildman–Crippen LogP) is 2.45. The van der Waals surface area contributed by atoms with Gasteiger partial charge in [-0.1, -0.05) is 17.7 Å². The number of anilines is 1. The Kier molecular flexibility index (Phi) is 5.37. The second kappa shape index (κ2) is 7.59. The number of amides is 3. The monoisotopic (exact) mass is 407 g/mol. The molecule has 0 radical (unpaired) electrons. The van der Waals surface area contributed by atoms with Gasteiger partial charge in [0.1, 0.15) is 6.04 Å². The fraction of sp³-hybridized carbons (Fsp3) is 0.389. The minimum absolute atomic E-state index is 0.0180. The fourth-order valence-electron chi connectivity index (χ4n) is 3.50. The smallest absolute Gasteiger partial charge is 0.311 e. The molecular weight excluding hydrogens is 390 g/mol. The highest BCUT2D eigenvalue weighted by Crippen LogP contribution is 2.39. The molecule has 1 heterocycles. The lowest BCUT2D eigenvalue weighted by molar-refractivity contribution is -0.385. The van der Waals surface area contributed by atoms with Crippen molar-refractivity contribution in [2.24, 2.45) is 11.8 Å². The summed E-state index contributed by atoms with van der Waals surface area (Å²) in [5.74, 6) is -2.44. The van der Waals surface area contributed by atoms with Gasteiger partial charge in [0.05, 0.1) is 23.9 Å². The molecule has 0 spiro atoms. The Labute approximate surface area is 165 Å². The number of nitro groups is 1. The average molecular weight is 408 g/mol. The van der Waals surface area contributed by atoms with Gasteiger partial charge < -0.3 is 10.1 Å². The molecule has 0 aromatic heterocycles. The van der Waals surface area contributed by atoms with Crippen molar-refractivity contribution in [3.63, 3.8) is 0 Å². The number of methoxy groups -OCH3 is 1. The van der Waals surface area contributed by atoms with E-state index < -0.39 is 34.6 Å². The number of carbonyl (C=O) groups is 3. The van der Waals surface area contributed by atoms with Gasteiger partial charge in [-0.05, 0) is 25.8 Å². The number of ether oxygens (including phenoxy) is 1. The standard InChI is InChI=1S/C18H18ClN3O6/c1-9(21-17(24)12-5-3-10(19)7-13(12)18(21)25)16(23)20-11-4-6-14(22(26)27)15(8-11)28-2/h3-4,6,8-9,12-13H,5,7H2,1-2H3,(H,20,23)/t9-,12+,13+/m1/s1. The molecule has 1 aromatic rings. The molecule has 148 valence electrons. The van der Waals surface area contributed by atoms with Crippen LogP contribution in [0.4, 0.5) is 11.4 Å². The van der Waals surface area contributed by atoms with E-state index in [4.69, 9.17) is 16.3 Å².